The van der Waals surface area contributed by atoms with Gasteiger partial charge >= 0.3 is 18.9 Å². The number of hydrogen-bond acceptors (Lipinski definition) is 6. The summed E-state index contributed by atoms with van der Waals surface area (Å²) in [6, 6.07) is 9.21. The molecule has 0 aromatic heterocycles. The van der Waals surface area contributed by atoms with Crippen molar-refractivity contribution >= 4 is 38.8 Å². The van der Waals surface area contributed by atoms with Crippen molar-refractivity contribution in [3.63, 3.8) is 0 Å². The van der Waals surface area contributed by atoms with Crippen molar-refractivity contribution in [3.05, 3.63) is 47.5 Å². The molecule has 2 rings (SSSR count). The van der Waals surface area contributed by atoms with Crippen molar-refractivity contribution in [1.82, 2.24) is 0 Å². The molecule has 0 atom stereocenters. The van der Waals surface area contributed by atoms with Gasteiger partial charge in [-0.25, -0.2) is 16.8 Å². The van der Waals surface area contributed by atoms with Crippen molar-refractivity contribution in [2.45, 2.75) is 95.5 Å². The van der Waals surface area contributed by atoms with Crippen LogP contribution in [0.4, 0.5) is 0 Å². The molecule has 6 nitrogen and oxygen atoms in total. The molecule has 0 bridgehead atoms. The van der Waals surface area contributed by atoms with Crippen LogP contribution in [0.1, 0.15) is 80.9 Å². The molecule has 2 aromatic rings. The Morgan fingerprint density at radius 3 is 1.11 bits per heavy atom. The molecule has 11 heteroatoms. The molecule has 0 spiro atoms. The van der Waals surface area contributed by atoms with Gasteiger partial charge in [0, 0.05) is 20.4 Å². The average Bonchev–Trinajstić information content (AvgIpc) is 2.57. The summed E-state index contributed by atoms with van der Waals surface area (Å²) in [5.74, 6) is 0. The second-order valence-corrected chi connectivity index (χ2v) is 17.0. The minimum Gasteiger partial charge on any atom is -0.744 e. The minimum absolute atomic E-state index is 0. The van der Waals surface area contributed by atoms with Gasteiger partial charge in [0.15, 0.2) is 0 Å². The first-order valence-electron chi connectivity index (χ1n) is 10.6. The van der Waals surface area contributed by atoms with Gasteiger partial charge in [-0.1, -0.05) is 81.9 Å². The fourth-order valence-corrected chi connectivity index (χ4v) is 8.74. The Labute approximate surface area is 245 Å². The van der Waals surface area contributed by atoms with Gasteiger partial charge in [-0.15, -0.1) is 0 Å². The fraction of sp³-hybridized carbons (Fsp3) is 0.520. The fourth-order valence-electron chi connectivity index (χ4n) is 3.59. The molecule has 0 aliphatic carbocycles. The summed E-state index contributed by atoms with van der Waals surface area (Å²) >= 11 is 0. The zero-order valence-electron chi connectivity index (χ0n) is 22.0. The van der Waals surface area contributed by atoms with E-state index in [2.05, 4.69) is 0 Å². The number of benzene rings is 2. The van der Waals surface area contributed by atoms with Crippen molar-refractivity contribution < 1.29 is 65.2 Å². The predicted molar refractivity (Wildman–Crippen MR) is 139 cm³/mol. The normalized spacial score (nSPS) is 12.9. The molecule has 0 N–H and O–H groups in total. The van der Waals surface area contributed by atoms with E-state index in [1.807, 2.05) is 62.3 Å². The molecular formula is C25H37LiO6PPdS2-. The molecule has 0 fully saturated rings. The van der Waals surface area contributed by atoms with Gasteiger partial charge in [0.2, 0.25) is 0 Å². The van der Waals surface area contributed by atoms with E-state index in [4.69, 9.17) is 0 Å². The number of hydrogen-bond donors (Lipinski definition) is 0. The zero-order chi connectivity index (χ0) is 25.8. The Morgan fingerprint density at radius 2 is 0.917 bits per heavy atom. The Hall–Kier alpha value is -0.0503. The van der Waals surface area contributed by atoms with Crippen LogP contribution in [0.25, 0.3) is 0 Å². The second kappa shape index (κ2) is 12.4. The molecule has 0 unspecified atom stereocenters. The van der Waals surface area contributed by atoms with Gasteiger partial charge in [0.1, 0.15) is 20.2 Å². The smallest absolute Gasteiger partial charge is 0.744 e. The van der Waals surface area contributed by atoms with Crippen LogP contribution < -0.4 is 29.5 Å². The van der Waals surface area contributed by atoms with E-state index >= 15 is 0 Å². The van der Waals surface area contributed by atoms with Crippen LogP contribution in [-0.4, -0.2) is 31.1 Å². The molecule has 0 aliphatic rings. The van der Waals surface area contributed by atoms with E-state index in [-0.39, 0.29) is 77.9 Å². The maximum Gasteiger partial charge on any atom is 1.00 e. The van der Waals surface area contributed by atoms with E-state index in [1.54, 1.807) is 24.3 Å². The van der Waals surface area contributed by atoms with Crippen LogP contribution in [0.15, 0.2) is 46.2 Å². The quantitative estimate of drug-likeness (QED) is 0.287. The van der Waals surface area contributed by atoms with Crippen LogP contribution in [0.5, 0.6) is 0 Å². The van der Waals surface area contributed by atoms with E-state index in [9.17, 15) is 25.9 Å². The summed E-state index contributed by atoms with van der Waals surface area (Å²) in [5, 5.41) is -0.145. The van der Waals surface area contributed by atoms with E-state index in [0.29, 0.717) is 0 Å². The average molecular weight is 642 g/mol. The van der Waals surface area contributed by atoms with Gasteiger partial charge in [0.25, 0.3) is 0 Å². The molecule has 0 radical (unpaired) electrons. The topological polar surface area (TPSA) is 114 Å². The van der Waals surface area contributed by atoms with Gasteiger partial charge in [-0.2, -0.15) is 0 Å². The van der Waals surface area contributed by atoms with Crippen LogP contribution in [0.3, 0.4) is 0 Å². The SMILES string of the molecule is C.CC(C)(C)c1ccc(S(=O)(=O)[O-])c(P(c2cc(C(C)(C)C)ccc2S(=O)(=O)[O-])C(C)(C)C)c1.[Li+].[Pd]. The van der Waals surface area contributed by atoms with Crippen LogP contribution in [0, 0.1) is 0 Å². The van der Waals surface area contributed by atoms with Gasteiger partial charge < -0.3 is 9.11 Å². The summed E-state index contributed by atoms with van der Waals surface area (Å²) in [6.07, 6.45) is 0. The molecule has 0 saturated heterocycles. The summed E-state index contributed by atoms with van der Waals surface area (Å²) in [4.78, 5) is -0.765. The monoisotopic (exact) mass is 641 g/mol. The Bertz CT molecular complexity index is 1180. The van der Waals surface area contributed by atoms with Crippen LogP contribution in [0.2, 0.25) is 0 Å². The van der Waals surface area contributed by atoms with E-state index in [0.717, 1.165) is 11.1 Å². The zero-order valence-corrected chi connectivity index (χ0v) is 26.1. The van der Waals surface area contributed by atoms with E-state index < -0.39 is 33.3 Å². The van der Waals surface area contributed by atoms with Crippen LogP contribution >= 0.6 is 7.92 Å². The maximum absolute atomic E-state index is 12.3. The molecule has 202 valence electrons. The Morgan fingerprint density at radius 1 is 0.639 bits per heavy atom. The van der Waals surface area contributed by atoms with Crippen molar-refractivity contribution in [2.75, 3.05) is 0 Å². The largest absolute Gasteiger partial charge is 1.00 e. The molecule has 0 amide bonds. The molecule has 2 aromatic carbocycles. The minimum atomic E-state index is -4.86. The molecule has 0 heterocycles. The van der Waals surface area contributed by atoms with Gasteiger partial charge in [-0.05, 0) is 69.9 Å². The summed E-state index contributed by atoms with van der Waals surface area (Å²) in [5.41, 5.74) is 0.916. The predicted octanol–water partition coefficient (Wildman–Crippen LogP) is 1.96. The van der Waals surface area contributed by atoms with Crippen LogP contribution in [-0.2, 0) is 51.5 Å². The first-order valence-corrected chi connectivity index (χ1v) is 14.7. The summed E-state index contributed by atoms with van der Waals surface area (Å²) in [6.45, 7) is 17.3. The standard InChI is InChI=1S/C24H35O6PS2.CH4.Li.Pd/c1-22(2,3)16-10-12-20(32(25,26)27)18(14-16)31(24(7,8)9)19-15-17(23(4,5)6)11-13-21(19)33(28,29)30;;;/h10-15H,1-9H3,(H,25,26,27)(H,28,29,30);1H4;;/q;;+1;/p-2. The summed E-state index contributed by atoms with van der Waals surface area (Å²) < 4.78 is 73.6. The molecule has 36 heavy (non-hydrogen) atoms. The molecule has 0 aliphatic heterocycles. The third kappa shape index (κ3) is 9.01. The Kier molecular flexibility index (Phi) is 13.1. The first-order chi connectivity index (χ1) is 14.5. The second-order valence-electron chi connectivity index (χ2n) is 11.3. The third-order valence-electron chi connectivity index (χ3n) is 5.34. The first kappa shape index (κ1) is 38.1. The molecule has 0 saturated carbocycles. The number of rotatable bonds is 4. The van der Waals surface area contributed by atoms with Gasteiger partial charge in [0.05, 0.1) is 9.79 Å². The third-order valence-corrected chi connectivity index (χ3v) is 10.5. The van der Waals surface area contributed by atoms with Crippen molar-refractivity contribution in [3.8, 4) is 0 Å². The maximum atomic E-state index is 12.3. The summed E-state index contributed by atoms with van der Waals surface area (Å²) in [7, 11) is -11.5. The van der Waals surface area contributed by atoms with Gasteiger partial charge in [-0.3, -0.25) is 0 Å². The Balaban J connectivity index is 0. The van der Waals surface area contributed by atoms with Crippen molar-refractivity contribution in [2.24, 2.45) is 0 Å². The molecular weight excluding hydrogens is 605 g/mol. The van der Waals surface area contributed by atoms with E-state index in [1.165, 1.54) is 12.1 Å². The van der Waals surface area contributed by atoms with Crippen molar-refractivity contribution in [1.29, 1.82) is 0 Å².